The summed E-state index contributed by atoms with van der Waals surface area (Å²) in [5.74, 6) is 0. The van der Waals surface area contributed by atoms with Crippen molar-refractivity contribution in [3.05, 3.63) is 29.1 Å². The average molecular weight is 176 g/mol. The van der Waals surface area contributed by atoms with Crippen LogP contribution in [-0.2, 0) is 19.4 Å². The monoisotopic (exact) mass is 176 g/mol. The summed E-state index contributed by atoms with van der Waals surface area (Å²) in [4.78, 5) is 0. The van der Waals surface area contributed by atoms with Crippen molar-refractivity contribution < 1.29 is 4.57 Å². The fourth-order valence-electron chi connectivity index (χ4n) is 2.36. The molecule has 0 atom stereocenters. The van der Waals surface area contributed by atoms with E-state index < -0.39 is 0 Å². The van der Waals surface area contributed by atoms with Gasteiger partial charge in [-0.3, -0.25) is 0 Å². The molecule has 0 fully saturated rings. The van der Waals surface area contributed by atoms with E-state index in [1.165, 1.54) is 31.4 Å². The molecule has 1 aromatic heterocycles. The Morgan fingerprint density at radius 1 is 1.23 bits per heavy atom. The van der Waals surface area contributed by atoms with E-state index in [9.17, 15) is 0 Å². The van der Waals surface area contributed by atoms with E-state index in [0.717, 1.165) is 6.54 Å². The van der Waals surface area contributed by atoms with Gasteiger partial charge in [-0.2, -0.15) is 0 Å². The minimum atomic E-state index is 1.12. The summed E-state index contributed by atoms with van der Waals surface area (Å²) < 4.78 is 2.47. The summed E-state index contributed by atoms with van der Waals surface area (Å²) in [5, 5.41) is 0. The largest absolute Gasteiger partial charge is 0.200 e. The van der Waals surface area contributed by atoms with E-state index in [4.69, 9.17) is 0 Å². The molecular formula is C12H18N+. The molecule has 0 unspecified atom stereocenters. The first-order chi connectivity index (χ1) is 6.33. The molecule has 0 saturated carbocycles. The van der Waals surface area contributed by atoms with Gasteiger partial charge in [0.1, 0.15) is 6.54 Å². The summed E-state index contributed by atoms with van der Waals surface area (Å²) in [6.45, 7) is 5.56. The number of aryl methyl sites for hydroxylation is 2. The van der Waals surface area contributed by atoms with Crippen LogP contribution in [0, 0.1) is 6.92 Å². The quantitative estimate of drug-likeness (QED) is 0.577. The van der Waals surface area contributed by atoms with Gasteiger partial charge in [0, 0.05) is 25.0 Å². The van der Waals surface area contributed by atoms with Crippen LogP contribution in [0.1, 0.15) is 36.7 Å². The standard InChI is InChI=1S/C12H18N/c1-3-13-10(2)8-9-11-6-4-5-7-12(11)13/h8-9H,3-7H2,1-2H3/q+1. The van der Waals surface area contributed by atoms with Gasteiger partial charge in [-0.15, -0.1) is 0 Å². The molecule has 0 bridgehead atoms. The lowest BCUT2D eigenvalue weighted by atomic mass is 9.95. The van der Waals surface area contributed by atoms with Gasteiger partial charge in [0.2, 0.25) is 0 Å². The highest BCUT2D eigenvalue weighted by molar-refractivity contribution is 5.20. The Hall–Kier alpha value is -0.850. The summed E-state index contributed by atoms with van der Waals surface area (Å²) in [5.41, 5.74) is 4.58. The summed E-state index contributed by atoms with van der Waals surface area (Å²) in [7, 11) is 0. The molecule has 0 spiro atoms. The van der Waals surface area contributed by atoms with E-state index in [0.29, 0.717) is 0 Å². The molecule has 1 aromatic rings. The van der Waals surface area contributed by atoms with Crippen molar-refractivity contribution in [3.63, 3.8) is 0 Å². The van der Waals surface area contributed by atoms with Crippen molar-refractivity contribution >= 4 is 0 Å². The van der Waals surface area contributed by atoms with Crippen molar-refractivity contribution in [2.24, 2.45) is 0 Å². The third-order valence-corrected chi connectivity index (χ3v) is 3.07. The molecule has 1 aliphatic carbocycles. The summed E-state index contributed by atoms with van der Waals surface area (Å²) >= 11 is 0. The first-order valence-corrected chi connectivity index (χ1v) is 5.34. The highest BCUT2D eigenvalue weighted by Crippen LogP contribution is 2.18. The Kier molecular flexibility index (Phi) is 2.34. The van der Waals surface area contributed by atoms with E-state index in [1.54, 1.807) is 11.3 Å². The van der Waals surface area contributed by atoms with Crippen molar-refractivity contribution in [3.8, 4) is 0 Å². The van der Waals surface area contributed by atoms with Crippen molar-refractivity contribution in [2.45, 2.75) is 46.1 Å². The van der Waals surface area contributed by atoms with Crippen LogP contribution in [0.2, 0.25) is 0 Å². The third kappa shape index (κ3) is 1.48. The van der Waals surface area contributed by atoms with Crippen LogP contribution in [0.5, 0.6) is 0 Å². The van der Waals surface area contributed by atoms with Crippen LogP contribution in [0.3, 0.4) is 0 Å². The topological polar surface area (TPSA) is 3.88 Å². The molecule has 0 N–H and O–H groups in total. The van der Waals surface area contributed by atoms with E-state index >= 15 is 0 Å². The second-order valence-electron chi connectivity index (χ2n) is 3.90. The van der Waals surface area contributed by atoms with E-state index in [2.05, 4.69) is 30.5 Å². The number of pyridine rings is 1. The molecule has 1 heterocycles. The number of rotatable bonds is 1. The molecule has 2 rings (SSSR count). The lowest BCUT2D eigenvalue weighted by molar-refractivity contribution is -0.707. The molecule has 13 heavy (non-hydrogen) atoms. The lowest BCUT2D eigenvalue weighted by Gasteiger charge is -2.14. The van der Waals surface area contributed by atoms with Crippen LogP contribution in [0.15, 0.2) is 12.1 Å². The minimum Gasteiger partial charge on any atom is -0.200 e. The van der Waals surface area contributed by atoms with Gasteiger partial charge in [0.05, 0.1) is 0 Å². The maximum Gasteiger partial charge on any atom is 0.184 e. The second-order valence-corrected chi connectivity index (χ2v) is 3.90. The van der Waals surface area contributed by atoms with Crippen molar-refractivity contribution in [2.75, 3.05) is 0 Å². The van der Waals surface area contributed by atoms with Gasteiger partial charge < -0.3 is 0 Å². The number of hydrogen-bond acceptors (Lipinski definition) is 0. The van der Waals surface area contributed by atoms with E-state index in [-0.39, 0.29) is 0 Å². The van der Waals surface area contributed by atoms with Crippen LogP contribution < -0.4 is 4.57 Å². The highest BCUT2D eigenvalue weighted by atomic mass is 15.0. The maximum absolute atomic E-state index is 2.47. The predicted octanol–water partition coefficient (Wildman–Crippen LogP) is 2.18. The second kappa shape index (κ2) is 3.49. The molecule has 0 aliphatic heterocycles. The first kappa shape index (κ1) is 8.74. The first-order valence-electron chi connectivity index (χ1n) is 5.34. The van der Waals surface area contributed by atoms with Crippen LogP contribution in [0.25, 0.3) is 0 Å². The van der Waals surface area contributed by atoms with Crippen molar-refractivity contribution in [1.82, 2.24) is 0 Å². The molecule has 1 nitrogen and oxygen atoms in total. The van der Waals surface area contributed by atoms with Crippen LogP contribution in [0.4, 0.5) is 0 Å². The average Bonchev–Trinajstić information content (AvgIpc) is 2.18. The summed E-state index contributed by atoms with van der Waals surface area (Å²) in [6, 6.07) is 4.57. The van der Waals surface area contributed by atoms with Gasteiger partial charge in [0.15, 0.2) is 11.4 Å². The molecule has 0 saturated heterocycles. The molecule has 0 amide bonds. The lowest BCUT2D eigenvalue weighted by Crippen LogP contribution is -2.42. The smallest absolute Gasteiger partial charge is 0.184 e. The number of nitrogens with zero attached hydrogens (tertiary/aromatic N) is 1. The Bertz CT molecular complexity index is 315. The minimum absolute atomic E-state index is 1.12. The Balaban J connectivity index is 2.52. The molecule has 0 aromatic carbocycles. The Morgan fingerprint density at radius 2 is 2.00 bits per heavy atom. The molecule has 0 radical (unpaired) electrons. The van der Waals surface area contributed by atoms with Gasteiger partial charge in [-0.1, -0.05) is 0 Å². The van der Waals surface area contributed by atoms with Gasteiger partial charge in [0.25, 0.3) is 0 Å². The van der Waals surface area contributed by atoms with Gasteiger partial charge in [-0.25, -0.2) is 4.57 Å². The van der Waals surface area contributed by atoms with Crippen molar-refractivity contribution in [1.29, 1.82) is 0 Å². The predicted molar refractivity (Wildman–Crippen MR) is 53.7 cm³/mol. The fourth-order valence-corrected chi connectivity index (χ4v) is 2.36. The molecule has 1 heteroatoms. The van der Waals surface area contributed by atoms with Crippen LogP contribution in [-0.4, -0.2) is 0 Å². The Morgan fingerprint density at radius 3 is 2.77 bits per heavy atom. The number of aromatic nitrogens is 1. The third-order valence-electron chi connectivity index (χ3n) is 3.07. The maximum atomic E-state index is 2.47. The summed E-state index contributed by atoms with van der Waals surface area (Å²) in [6.07, 6.45) is 5.32. The number of fused-ring (bicyclic) bond motifs is 1. The molecule has 1 aliphatic rings. The molecule has 70 valence electrons. The zero-order valence-corrected chi connectivity index (χ0v) is 8.64. The Labute approximate surface area is 80.4 Å². The zero-order chi connectivity index (χ0) is 9.26. The number of hydrogen-bond donors (Lipinski definition) is 0. The SMILES string of the molecule is CC[n+]1c(C)ccc2c1CCCC2. The van der Waals surface area contributed by atoms with E-state index in [1.807, 2.05) is 0 Å². The molecular weight excluding hydrogens is 158 g/mol. The fraction of sp³-hybridized carbons (Fsp3) is 0.583. The van der Waals surface area contributed by atoms with Crippen LogP contribution >= 0.6 is 0 Å². The van der Waals surface area contributed by atoms with Gasteiger partial charge >= 0.3 is 0 Å². The normalized spacial score (nSPS) is 15.5. The zero-order valence-electron chi connectivity index (χ0n) is 8.64. The highest BCUT2D eigenvalue weighted by Gasteiger charge is 2.20. The van der Waals surface area contributed by atoms with Gasteiger partial charge in [-0.05, 0) is 32.3 Å².